The molecular weight excluding hydrogens is 469 g/mol. The third-order valence-electron chi connectivity index (χ3n) is 4.92. The van der Waals surface area contributed by atoms with Gasteiger partial charge in [-0.3, -0.25) is 4.79 Å². The van der Waals surface area contributed by atoms with Crippen LogP contribution in [0.3, 0.4) is 0 Å². The van der Waals surface area contributed by atoms with Gasteiger partial charge in [0.25, 0.3) is 0 Å². The zero-order chi connectivity index (χ0) is 24.3. The molecule has 1 atom stereocenters. The fraction of sp³-hybridized carbons (Fsp3) is 0.125. The van der Waals surface area contributed by atoms with Crippen LogP contribution in [0.4, 0.5) is 18.9 Å². The summed E-state index contributed by atoms with van der Waals surface area (Å²) in [6.07, 6.45) is -4.50. The molecule has 0 aliphatic rings. The van der Waals surface area contributed by atoms with Crippen LogP contribution in [0.5, 0.6) is 6.01 Å². The predicted octanol–water partition coefficient (Wildman–Crippen LogP) is 5.88. The molecule has 0 bridgehead atoms. The van der Waals surface area contributed by atoms with Gasteiger partial charge in [-0.25, -0.2) is 4.68 Å². The lowest BCUT2D eigenvalue weighted by Gasteiger charge is -2.12. The Morgan fingerprint density at radius 2 is 1.74 bits per heavy atom. The van der Waals surface area contributed by atoms with Crippen molar-refractivity contribution in [3.8, 4) is 23.1 Å². The first kappa shape index (κ1) is 23.3. The van der Waals surface area contributed by atoms with Crippen LogP contribution in [0.15, 0.2) is 78.9 Å². The monoisotopic (exact) mass is 486 g/mol. The Bertz CT molecular complexity index is 1290. The van der Waals surface area contributed by atoms with E-state index in [1.165, 1.54) is 23.9 Å². The highest BCUT2D eigenvalue weighted by Gasteiger charge is 2.31. The number of ether oxygens (including phenoxy) is 1. The summed E-state index contributed by atoms with van der Waals surface area (Å²) in [6.45, 7) is 0. The van der Waals surface area contributed by atoms with Crippen LogP contribution in [-0.4, -0.2) is 27.8 Å². The number of methoxy groups -OCH3 is 1. The van der Waals surface area contributed by atoms with E-state index in [2.05, 4.69) is 15.4 Å². The molecule has 4 aromatic rings. The van der Waals surface area contributed by atoms with Crippen molar-refractivity contribution >= 4 is 23.2 Å². The zero-order valence-electron chi connectivity index (χ0n) is 17.8. The molecule has 0 saturated heterocycles. The van der Waals surface area contributed by atoms with E-state index in [4.69, 9.17) is 16.3 Å². The highest BCUT2D eigenvalue weighted by molar-refractivity contribution is 6.32. The minimum atomic E-state index is -4.50. The maximum atomic E-state index is 13.2. The molecule has 0 spiro atoms. The van der Waals surface area contributed by atoms with Crippen molar-refractivity contribution in [1.82, 2.24) is 14.8 Å². The van der Waals surface area contributed by atoms with Gasteiger partial charge in [-0.05, 0) is 42.0 Å². The van der Waals surface area contributed by atoms with Crippen LogP contribution in [0.1, 0.15) is 16.5 Å². The van der Waals surface area contributed by atoms with E-state index in [0.717, 1.165) is 12.1 Å². The van der Waals surface area contributed by atoms with Gasteiger partial charge in [0.2, 0.25) is 5.91 Å². The summed E-state index contributed by atoms with van der Waals surface area (Å²) in [5.41, 5.74) is 1.08. The third-order valence-corrected chi connectivity index (χ3v) is 5.37. The molecule has 1 heterocycles. The number of amides is 1. The Labute approximate surface area is 198 Å². The van der Waals surface area contributed by atoms with Crippen LogP contribution >= 0.6 is 11.6 Å². The summed E-state index contributed by atoms with van der Waals surface area (Å²) >= 11 is 6.26. The number of alkyl halides is 4. The van der Waals surface area contributed by atoms with E-state index in [-0.39, 0.29) is 17.4 Å². The summed E-state index contributed by atoms with van der Waals surface area (Å²) in [5.74, 6) is -0.225. The lowest BCUT2D eigenvalue weighted by Crippen LogP contribution is -2.17. The number of aromatic nitrogens is 3. The first-order chi connectivity index (χ1) is 16.3. The Kier molecular flexibility index (Phi) is 6.56. The highest BCUT2D eigenvalue weighted by Crippen LogP contribution is 2.33. The molecule has 0 radical (unpaired) electrons. The fourth-order valence-corrected chi connectivity index (χ4v) is 3.45. The summed E-state index contributed by atoms with van der Waals surface area (Å²) in [6, 6.07) is 20.3. The van der Waals surface area contributed by atoms with E-state index in [1.807, 2.05) is 6.07 Å². The van der Waals surface area contributed by atoms with Crippen molar-refractivity contribution in [3.05, 3.63) is 90.0 Å². The summed E-state index contributed by atoms with van der Waals surface area (Å²) in [7, 11) is 1.36. The third kappa shape index (κ3) is 5.04. The van der Waals surface area contributed by atoms with Crippen molar-refractivity contribution in [3.63, 3.8) is 0 Å². The maximum absolute atomic E-state index is 13.2. The number of rotatable bonds is 6. The second kappa shape index (κ2) is 9.56. The Morgan fingerprint density at radius 3 is 2.38 bits per heavy atom. The van der Waals surface area contributed by atoms with Gasteiger partial charge in [-0.1, -0.05) is 42.5 Å². The van der Waals surface area contributed by atoms with Crippen molar-refractivity contribution in [1.29, 1.82) is 0 Å². The van der Waals surface area contributed by atoms with Gasteiger partial charge in [0.05, 0.1) is 18.4 Å². The minimum Gasteiger partial charge on any atom is -0.466 e. The Morgan fingerprint density at radius 1 is 1.03 bits per heavy atom. The second-order valence-electron chi connectivity index (χ2n) is 7.22. The number of halogens is 4. The maximum Gasteiger partial charge on any atom is 0.416 e. The van der Waals surface area contributed by atoms with Crippen molar-refractivity contribution in [2.24, 2.45) is 0 Å². The van der Waals surface area contributed by atoms with Crippen LogP contribution in [-0.2, 0) is 11.0 Å². The normalized spacial score (nSPS) is 12.3. The molecule has 1 N–H and O–H groups in total. The number of benzene rings is 3. The van der Waals surface area contributed by atoms with Gasteiger partial charge < -0.3 is 10.1 Å². The first-order valence-corrected chi connectivity index (χ1v) is 10.5. The molecule has 0 saturated carbocycles. The SMILES string of the molecule is COc1nc(-c2cccc(C(F)(F)F)c2)n(-c2ccc(NC(=O)[C@H](Cl)c3ccccc3)cc2)n1. The largest absolute Gasteiger partial charge is 0.466 e. The Balaban J connectivity index is 1.60. The van der Waals surface area contributed by atoms with Crippen LogP contribution in [0.2, 0.25) is 0 Å². The number of nitrogens with zero attached hydrogens (tertiary/aromatic N) is 3. The molecule has 0 fully saturated rings. The van der Waals surface area contributed by atoms with Crippen molar-refractivity contribution < 1.29 is 22.7 Å². The molecule has 1 aromatic heterocycles. The molecule has 0 aliphatic carbocycles. The summed E-state index contributed by atoms with van der Waals surface area (Å²) < 4.78 is 46.0. The van der Waals surface area contributed by atoms with E-state index in [1.54, 1.807) is 48.5 Å². The lowest BCUT2D eigenvalue weighted by molar-refractivity contribution is -0.137. The van der Waals surface area contributed by atoms with Crippen LogP contribution in [0.25, 0.3) is 17.1 Å². The topological polar surface area (TPSA) is 69.0 Å². The molecule has 34 heavy (non-hydrogen) atoms. The molecule has 4 rings (SSSR count). The van der Waals surface area contributed by atoms with E-state index in [9.17, 15) is 18.0 Å². The quantitative estimate of drug-likeness (QED) is 0.345. The number of nitrogens with one attached hydrogen (secondary N) is 1. The molecule has 174 valence electrons. The van der Waals surface area contributed by atoms with Gasteiger partial charge in [0.1, 0.15) is 5.38 Å². The molecule has 10 heteroatoms. The summed E-state index contributed by atoms with van der Waals surface area (Å²) in [5, 5.41) is 6.09. The molecule has 3 aromatic carbocycles. The van der Waals surface area contributed by atoms with Gasteiger partial charge in [-0.15, -0.1) is 16.7 Å². The van der Waals surface area contributed by atoms with Crippen molar-refractivity contribution in [2.75, 3.05) is 12.4 Å². The number of carbonyl (C=O) groups is 1. The number of hydrogen-bond donors (Lipinski definition) is 1. The average Bonchev–Trinajstić information content (AvgIpc) is 3.29. The van der Waals surface area contributed by atoms with Gasteiger partial charge in [-0.2, -0.15) is 18.2 Å². The van der Waals surface area contributed by atoms with E-state index in [0.29, 0.717) is 16.9 Å². The molecular formula is C24H18ClF3N4O2. The summed E-state index contributed by atoms with van der Waals surface area (Å²) in [4.78, 5) is 16.7. The molecule has 1 amide bonds. The van der Waals surface area contributed by atoms with E-state index >= 15 is 0 Å². The zero-order valence-corrected chi connectivity index (χ0v) is 18.5. The number of anilines is 1. The van der Waals surface area contributed by atoms with Crippen molar-refractivity contribution in [2.45, 2.75) is 11.6 Å². The average molecular weight is 487 g/mol. The standard InChI is InChI=1S/C24H18ClF3N4O2/c1-34-23-30-21(16-8-5-9-17(14-16)24(26,27)28)32(31-23)19-12-10-18(11-13-19)29-22(33)20(25)15-6-3-2-4-7-15/h2-14,20H,1H3,(H,29,33)/t20-/m1/s1. The second-order valence-corrected chi connectivity index (χ2v) is 7.66. The van der Waals surface area contributed by atoms with E-state index < -0.39 is 23.0 Å². The van der Waals surface area contributed by atoms with Gasteiger partial charge in [0.15, 0.2) is 5.82 Å². The number of hydrogen-bond acceptors (Lipinski definition) is 4. The molecule has 0 unspecified atom stereocenters. The predicted molar refractivity (Wildman–Crippen MR) is 122 cm³/mol. The highest BCUT2D eigenvalue weighted by atomic mass is 35.5. The molecule has 6 nitrogen and oxygen atoms in total. The molecule has 0 aliphatic heterocycles. The van der Waals surface area contributed by atoms with Crippen LogP contribution < -0.4 is 10.1 Å². The Hall–Kier alpha value is -3.85. The fourth-order valence-electron chi connectivity index (χ4n) is 3.25. The number of carbonyl (C=O) groups excluding carboxylic acids is 1. The smallest absolute Gasteiger partial charge is 0.416 e. The minimum absolute atomic E-state index is 0.00219. The lowest BCUT2D eigenvalue weighted by atomic mass is 10.1. The first-order valence-electron chi connectivity index (χ1n) is 10.1. The van der Waals surface area contributed by atoms with Gasteiger partial charge >= 0.3 is 12.2 Å². The van der Waals surface area contributed by atoms with Crippen LogP contribution in [0, 0.1) is 0 Å². The van der Waals surface area contributed by atoms with Gasteiger partial charge in [0, 0.05) is 11.3 Å².